The Hall–Kier alpha value is -2.25. The Balaban J connectivity index is 1.48. The summed E-state index contributed by atoms with van der Waals surface area (Å²) in [5.41, 5.74) is 3.42. The Morgan fingerprint density at radius 1 is 1.08 bits per heavy atom. The van der Waals surface area contributed by atoms with E-state index in [0.717, 1.165) is 31.6 Å². The fourth-order valence-corrected chi connectivity index (χ4v) is 3.46. The van der Waals surface area contributed by atoms with Gasteiger partial charge in [-0.15, -0.1) is 5.10 Å². The number of benzene rings is 1. The minimum Gasteiger partial charge on any atom is -0.347 e. The maximum absolute atomic E-state index is 5.78. The van der Waals surface area contributed by atoms with Crippen molar-refractivity contribution in [3.63, 3.8) is 0 Å². The van der Waals surface area contributed by atoms with Crippen LogP contribution in [0.5, 0.6) is 0 Å². The van der Waals surface area contributed by atoms with Gasteiger partial charge in [-0.25, -0.2) is 0 Å². The highest BCUT2D eigenvalue weighted by Crippen LogP contribution is 2.32. The van der Waals surface area contributed by atoms with Crippen molar-refractivity contribution in [2.45, 2.75) is 32.5 Å². The fraction of sp³-hybridized carbons (Fsp3) is 0.500. The topological polar surface area (TPSA) is 72.4 Å². The summed E-state index contributed by atoms with van der Waals surface area (Å²) < 4.78 is 11.6. The summed E-state index contributed by atoms with van der Waals surface area (Å²) in [5, 5.41) is 11.7. The van der Waals surface area contributed by atoms with Gasteiger partial charge in [0.1, 0.15) is 0 Å². The molecule has 0 unspecified atom stereocenters. The molecule has 2 fully saturated rings. The van der Waals surface area contributed by atoms with Gasteiger partial charge in [0.25, 0.3) is 0 Å². The molecule has 1 aromatic carbocycles. The number of nitrogens with zero attached hydrogens (tertiary/aromatic N) is 4. The minimum atomic E-state index is -0.391. The Labute approximate surface area is 147 Å². The molecule has 7 nitrogen and oxygen atoms in total. The second kappa shape index (κ2) is 6.57. The number of ether oxygens (including phenoxy) is 2. The molecule has 4 rings (SSSR count). The van der Waals surface area contributed by atoms with E-state index in [1.54, 1.807) is 6.20 Å². The average molecular weight is 341 g/mol. The van der Waals surface area contributed by atoms with Crippen LogP contribution in [0.2, 0.25) is 0 Å². The monoisotopic (exact) mass is 341 g/mol. The molecule has 1 aromatic heterocycles. The summed E-state index contributed by atoms with van der Waals surface area (Å²) in [6.45, 7) is 7.14. The minimum absolute atomic E-state index is 0.391. The molecular formula is C18H23N5O2. The van der Waals surface area contributed by atoms with E-state index in [2.05, 4.69) is 57.4 Å². The van der Waals surface area contributed by atoms with E-state index in [9.17, 15) is 0 Å². The largest absolute Gasteiger partial charge is 0.347 e. The van der Waals surface area contributed by atoms with Crippen LogP contribution in [0.4, 0.5) is 17.5 Å². The van der Waals surface area contributed by atoms with Gasteiger partial charge in [0, 0.05) is 31.6 Å². The number of nitrogens with one attached hydrogen (secondary N) is 1. The molecule has 3 heterocycles. The Kier molecular flexibility index (Phi) is 4.27. The number of rotatable bonds is 3. The van der Waals surface area contributed by atoms with Crippen LogP contribution in [0.1, 0.15) is 24.0 Å². The van der Waals surface area contributed by atoms with Crippen molar-refractivity contribution >= 4 is 17.5 Å². The summed E-state index contributed by atoms with van der Waals surface area (Å²) in [6, 6.07) is 6.21. The molecule has 0 radical (unpaired) electrons. The first-order valence-corrected chi connectivity index (χ1v) is 8.71. The van der Waals surface area contributed by atoms with Gasteiger partial charge in [0.15, 0.2) is 11.6 Å². The summed E-state index contributed by atoms with van der Waals surface area (Å²) in [4.78, 5) is 6.79. The van der Waals surface area contributed by atoms with E-state index in [0.29, 0.717) is 25.0 Å². The van der Waals surface area contributed by atoms with Crippen LogP contribution in [-0.4, -0.2) is 47.3 Å². The molecule has 132 valence electrons. The molecule has 2 aliphatic heterocycles. The first kappa shape index (κ1) is 16.2. The molecule has 25 heavy (non-hydrogen) atoms. The summed E-state index contributed by atoms with van der Waals surface area (Å²) >= 11 is 0. The molecular weight excluding hydrogens is 318 g/mol. The lowest BCUT2D eigenvalue weighted by Gasteiger charge is -2.37. The standard InChI is InChI=1S/C18H23N5O2/c1-13-4-3-5-14(2)16(13)20-15-12-19-22-17(21-15)23-8-6-18(7-9-23)24-10-11-25-18/h3-5,12H,6-11H2,1-2H3,(H,20,21,22). The van der Waals surface area contributed by atoms with Crippen molar-refractivity contribution in [3.05, 3.63) is 35.5 Å². The Bertz CT molecular complexity index is 731. The molecule has 2 saturated heterocycles. The predicted octanol–water partition coefficient (Wildman–Crippen LogP) is 2.58. The van der Waals surface area contributed by atoms with Gasteiger partial charge in [-0.2, -0.15) is 10.1 Å². The Morgan fingerprint density at radius 2 is 1.76 bits per heavy atom. The molecule has 7 heteroatoms. The van der Waals surface area contributed by atoms with Gasteiger partial charge < -0.3 is 19.7 Å². The number of hydrogen-bond acceptors (Lipinski definition) is 7. The predicted molar refractivity (Wildman–Crippen MR) is 95.1 cm³/mol. The van der Waals surface area contributed by atoms with Crippen molar-refractivity contribution in [3.8, 4) is 0 Å². The highest BCUT2D eigenvalue weighted by Gasteiger charge is 2.40. The number of hydrogen-bond donors (Lipinski definition) is 1. The van der Waals surface area contributed by atoms with Crippen LogP contribution in [-0.2, 0) is 9.47 Å². The molecule has 0 amide bonds. The molecule has 2 aromatic rings. The van der Waals surface area contributed by atoms with Gasteiger partial charge >= 0.3 is 0 Å². The summed E-state index contributed by atoms with van der Waals surface area (Å²) in [5.74, 6) is 0.957. The summed E-state index contributed by atoms with van der Waals surface area (Å²) in [7, 11) is 0. The number of aryl methyl sites for hydroxylation is 2. The van der Waals surface area contributed by atoms with E-state index >= 15 is 0 Å². The van der Waals surface area contributed by atoms with E-state index in [1.807, 2.05) is 0 Å². The first-order valence-electron chi connectivity index (χ1n) is 8.71. The van der Waals surface area contributed by atoms with Crippen LogP contribution < -0.4 is 10.2 Å². The second-order valence-corrected chi connectivity index (χ2v) is 6.63. The number of para-hydroxylation sites is 1. The first-order chi connectivity index (χ1) is 12.2. The van der Waals surface area contributed by atoms with E-state index in [-0.39, 0.29) is 0 Å². The van der Waals surface area contributed by atoms with Gasteiger partial charge in [0.2, 0.25) is 5.95 Å². The normalized spacial score (nSPS) is 19.4. The third-order valence-electron chi connectivity index (χ3n) is 4.90. The zero-order valence-electron chi connectivity index (χ0n) is 14.7. The van der Waals surface area contributed by atoms with Crippen LogP contribution in [0.3, 0.4) is 0 Å². The zero-order valence-corrected chi connectivity index (χ0v) is 14.7. The number of piperidine rings is 1. The van der Waals surface area contributed by atoms with Gasteiger partial charge in [-0.1, -0.05) is 18.2 Å². The zero-order chi connectivity index (χ0) is 17.3. The number of anilines is 3. The van der Waals surface area contributed by atoms with E-state index in [1.165, 1.54) is 11.1 Å². The maximum atomic E-state index is 5.78. The molecule has 0 saturated carbocycles. The van der Waals surface area contributed by atoms with Crippen LogP contribution in [0.15, 0.2) is 24.4 Å². The molecule has 0 atom stereocenters. The highest BCUT2D eigenvalue weighted by atomic mass is 16.7. The second-order valence-electron chi connectivity index (χ2n) is 6.63. The summed E-state index contributed by atoms with van der Waals surface area (Å²) in [6.07, 6.45) is 3.31. The average Bonchev–Trinajstić information content (AvgIpc) is 3.07. The third kappa shape index (κ3) is 3.29. The third-order valence-corrected chi connectivity index (χ3v) is 4.90. The van der Waals surface area contributed by atoms with Gasteiger partial charge in [-0.3, -0.25) is 0 Å². The fourth-order valence-electron chi connectivity index (χ4n) is 3.46. The lowest BCUT2D eigenvalue weighted by molar-refractivity contribution is -0.169. The van der Waals surface area contributed by atoms with Crippen molar-refractivity contribution in [2.24, 2.45) is 0 Å². The van der Waals surface area contributed by atoms with E-state index < -0.39 is 5.79 Å². The van der Waals surface area contributed by atoms with Crippen molar-refractivity contribution in [2.75, 3.05) is 36.5 Å². The molecule has 0 bridgehead atoms. The molecule has 0 aliphatic carbocycles. The smallest absolute Gasteiger partial charge is 0.247 e. The lowest BCUT2D eigenvalue weighted by atomic mass is 10.0. The molecule has 1 N–H and O–H groups in total. The quantitative estimate of drug-likeness (QED) is 0.920. The Morgan fingerprint density at radius 3 is 2.44 bits per heavy atom. The van der Waals surface area contributed by atoms with Crippen LogP contribution >= 0.6 is 0 Å². The molecule has 1 spiro atoms. The molecule has 2 aliphatic rings. The number of aromatic nitrogens is 3. The van der Waals surface area contributed by atoms with Gasteiger partial charge in [0.05, 0.1) is 19.4 Å². The van der Waals surface area contributed by atoms with Gasteiger partial charge in [-0.05, 0) is 25.0 Å². The SMILES string of the molecule is Cc1cccc(C)c1Nc1cnnc(N2CCC3(CC2)OCCO3)n1. The van der Waals surface area contributed by atoms with Crippen molar-refractivity contribution in [1.82, 2.24) is 15.2 Å². The maximum Gasteiger partial charge on any atom is 0.247 e. The van der Waals surface area contributed by atoms with Crippen molar-refractivity contribution < 1.29 is 9.47 Å². The van der Waals surface area contributed by atoms with Crippen molar-refractivity contribution in [1.29, 1.82) is 0 Å². The van der Waals surface area contributed by atoms with Crippen LogP contribution in [0, 0.1) is 13.8 Å². The lowest BCUT2D eigenvalue weighted by Crippen LogP contribution is -2.45. The van der Waals surface area contributed by atoms with E-state index in [4.69, 9.17) is 9.47 Å². The van der Waals surface area contributed by atoms with Crippen LogP contribution in [0.25, 0.3) is 0 Å². The highest BCUT2D eigenvalue weighted by molar-refractivity contribution is 5.64.